The van der Waals surface area contributed by atoms with E-state index in [1.54, 1.807) is 25.1 Å². The predicted molar refractivity (Wildman–Crippen MR) is 56.5 cm³/mol. The van der Waals surface area contributed by atoms with Gasteiger partial charge in [0.2, 0.25) is 0 Å². The van der Waals surface area contributed by atoms with Gasteiger partial charge in [-0.05, 0) is 6.92 Å². The number of aliphatic hydroxyl groups excluding tert-OH is 1. The molecule has 82 valence electrons. The van der Waals surface area contributed by atoms with E-state index in [1.807, 2.05) is 0 Å². The Balaban J connectivity index is 2.63. The van der Waals surface area contributed by atoms with Gasteiger partial charge in [-0.1, -0.05) is 18.2 Å². The van der Waals surface area contributed by atoms with Gasteiger partial charge in [0.25, 0.3) is 5.69 Å². The minimum atomic E-state index is -0.451. The van der Waals surface area contributed by atoms with Crippen LogP contribution in [0.2, 0.25) is 0 Å². The average molecular weight is 210 g/mol. The van der Waals surface area contributed by atoms with Crippen molar-refractivity contribution in [3.05, 3.63) is 39.9 Å². The Kier molecular flexibility index (Phi) is 4.20. The van der Waals surface area contributed by atoms with Gasteiger partial charge in [0.05, 0.1) is 11.0 Å². The summed E-state index contributed by atoms with van der Waals surface area (Å²) in [6.07, 6.45) is -0.451. The number of hydrogen-bond donors (Lipinski definition) is 2. The van der Waals surface area contributed by atoms with Crippen molar-refractivity contribution in [2.24, 2.45) is 0 Å². The highest BCUT2D eigenvalue weighted by molar-refractivity contribution is 5.39. The van der Waals surface area contributed by atoms with Crippen LogP contribution in [0.4, 0.5) is 5.69 Å². The van der Waals surface area contributed by atoms with Crippen molar-refractivity contribution in [3.8, 4) is 0 Å². The van der Waals surface area contributed by atoms with Gasteiger partial charge in [-0.3, -0.25) is 10.1 Å². The molecule has 1 rings (SSSR count). The Morgan fingerprint density at radius 2 is 2.20 bits per heavy atom. The maximum Gasteiger partial charge on any atom is 0.273 e. The molecule has 1 atom stereocenters. The molecule has 0 bridgehead atoms. The summed E-state index contributed by atoms with van der Waals surface area (Å²) in [7, 11) is 0. The van der Waals surface area contributed by atoms with Crippen molar-refractivity contribution in [2.45, 2.75) is 19.6 Å². The minimum Gasteiger partial charge on any atom is -0.392 e. The second-order valence-electron chi connectivity index (χ2n) is 3.37. The standard InChI is InChI=1S/C10H14N2O3/c1-8(13)6-11-7-9-4-2-3-5-10(9)12(14)15/h2-5,8,11,13H,6-7H2,1H3/t8-/m1/s1. The molecule has 0 aliphatic rings. The molecule has 0 heterocycles. The number of nitrogens with zero attached hydrogens (tertiary/aromatic N) is 1. The molecule has 0 unspecified atom stereocenters. The second kappa shape index (κ2) is 5.43. The summed E-state index contributed by atoms with van der Waals surface area (Å²) in [5, 5.41) is 22.6. The van der Waals surface area contributed by atoms with Crippen LogP contribution in [0, 0.1) is 10.1 Å². The third-order valence-electron chi connectivity index (χ3n) is 1.94. The zero-order valence-electron chi connectivity index (χ0n) is 8.51. The number of aliphatic hydroxyl groups is 1. The summed E-state index contributed by atoms with van der Waals surface area (Å²) < 4.78 is 0. The van der Waals surface area contributed by atoms with Crippen molar-refractivity contribution < 1.29 is 10.0 Å². The van der Waals surface area contributed by atoms with Gasteiger partial charge < -0.3 is 10.4 Å². The lowest BCUT2D eigenvalue weighted by atomic mass is 10.2. The van der Waals surface area contributed by atoms with E-state index >= 15 is 0 Å². The van der Waals surface area contributed by atoms with Gasteiger partial charge in [0.1, 0.15) is 0 Å². The highest BCUT2D eigenvalue weighted by Crippen LogP contribution is 2.16. The average Bonchev–Trinajstić information content (AvgIpc) is 2.17. The number of nitrogens with one attached hydrogen (secondary N) is 1. The van der Waals surface area contributed by atoms with Crippen molar-refractivity contribution in [2.75, 3.05) is 6.54 Å². The Morgan fingerprint density at radius 1 is 1.53 bits per heavy atom. The Morgan fingerprint density at radius 3 is 2.80 bits per heavy atom. The number of hydrogen-bond acceptors (Lipinski definition) is 4. The van der Waals surface area contributed by atoms with Gasteiger partial charge >= 0.3 is 0 Å². The molecule has 1 aromatic carbocycles. The summed E-state index contributed by atoms with van der Waals surface area (Å²) in [6.45, 7) is 2.47. The van der Waals surface area contributed by atoms with E-state index in [2.05, 4.69) is 5.32 Å². The van der Waals surface area contributed by atoms with Crippen LogP contribution in [0.15, 0.2) is 24.3 Å². The summed E-state index contributed by atoms with van der Waals surface area (Å²) in [4.78, 5) is 10.2. The zero-order valence-corrected chi connectivity index (χ0v) is 8.51. The number of benzene rings is 1. The van der Waals surface area contributed by atoms with Crippen molar-refractivity contribution in [1.82, 2.24) is 5.32 Å². The lowest BCUT2D eigenvalue weighted by Gasteiger charge is -2.06. The number of rotatable bonds is 5. The van der Waals surface area contributed by atoms with Crippen LogP contribution in [0.5, 0.6) is 0 Å². The first kappa shape index (κ1) is 11.6. The maximum absolute atomic E-state index is 10.6. The summed E-state index contributed by atoms with van der Waals surface area (Å²) in [5.41, 5.74) is 0.735. The largest absolute Gasteiger partial charge is 0.392 e. The van der Waals surface area contributed by atoms with E-state index < -0.39 is 11.0 Å². The van der Waals surface area contributed by atoms with Gasteiger partial charge in [-0.15, -0.1) is 0 Å². The first-order valence-electron chi connectivity index (χ1n) is 4.72. The number of nitro benzene ring substituents is 1. The smallest absolute Gasteiger partial charge is 0.273 e. The molecule has 5 heteroatoms. The van der Waals surface area contributed by atoms with Crippen LogP contribution in [-0.4, -0.2) is 22.7 Å². The van der Waals surface area contributed by atoms with E-state index in [0.29, 0.717) is 18.7 Å². The molecule has 0 spiro atoms. The molecule has 0 aliphatic heterocycles. The quantitative estimate of drug-likeness (QED) is 0.563. The van der Waals surface area contributed by atoms with E-state index in [1.165, 1.54) is 6.07 Å². The maximum atomic E-state index is 10.6. The fourth-order valence-corrected chi connectivity index (χ4v) is 1.25. The highest BCUT2D eigenvalue weighted by atomic mass is 16.6. The third kappa shape index (κ3) is 3.65. The van der Waals surface area contributed by atoms with E-state index in [4.69, 9.17) is 5.11 Å². The molecule has 0 saturated carbocycles. The Hall–Kier alpha value is -1.46. The van der Waals surface area contributed by atoms with Crippen LogP contribution in [0.1, 0.15) is 12.5 Å². The van der Waals surface area contributed by atoms with Crippen LogP contribution in [-0.2, 0) is 6.54 Å². The molecular formula is C10H14N2O3. The molecule has 0 radical (unpaired) electrons. The van der Waals surface area contributed by atoms with E-state index in [0.717, 1.165) is 0 Å². The Bertz CT molecular complexity index is 339. The van der Waals surface area contributed by atoms with E-state index in [-0.39, 0.29) is 5.69 Å². The van der Waals surface area contributed by atoms with Crippen LogP contribution in [0.3, 0.4) is 0 Å². The molecule has 0 amide bonds. The fourth-order valence-electron chi connectivity index (χ4n) is 1.25. The molecule has 0 saturated heterocycles. The minimum absolute atomic E-state index is 0.107. The molecule has 0 fully saturated rings. The van der Waals surface area contributed by atoms with Gasteiger partial charge in [-0.25, -0.2) is 0 Å². The highest BCUT2D eigenvalue weighted by Gasteiger charge is 2.11. The monoisotopic (exact) mass is 210 g/mol. The molecule has 5 nitrogen and oxygen atoms in total. The number of nitro groups is 1. The van der Waals surface area contributed by atoms with Gasteiger partial charge in [0, 0.05) is 24.7 Å². The molecule has 1 aromatic rings. The lowest BCUT2D eigenvalue weighted by Crippen LogP contribution is -2.24. The van der Waals surface area contributed by atoms with Gasteiger partial charge in [-0.2, -0.15) is 0 Å². The molecule has 0 aliphatic carbocycles. The third-order valence-corrected chi connectivity index (χ3v) is 1.94. The van der Waals surface area contributed by atoms with Crippen LogP contribution >= 0.6 is 0 Å². The predicted octanol–water partition coefficient (Wildman–Crippen LogP) is 1.07. The van der Waals surface area contributed by atoms with Gasteiger partial charge in [0.15, 0.2) is 0 Å². The molecule has 2 N–H and O–H groups in total. The normalized spacial score (nSPS) is 12.4. The number of para-hydroxylation sites is 1. The molecular weight excluding hydrogens is 196 g/mol. The Labute approximate surface area is 87.9 Å². The van der Waals surface area contributed by atoms with Crippen molar-refractivity contribution in [1.29, 1.82) is 0 Å². The summed E-state index contributed by atoms with van der Waals surface area (Å²) >= 11 is 0. The fraction of sp³-hybridized carbons (Fsp3) is 0.400. The molecule has 15 heavy (non-hydrogen) atoms. The first-order chi connectivity index (χ1) is 7.11. The SMILES string of the molecule is C[C@@H](O)CNCc1ccccc1[N+](=O)[O-]. The van der Waals surface area contributed by atoms with Crippen molar-refractivity contribution in [3.63, 3.8) is 0 Å². The zero-order chi connectivity index (χ0) is 11.3. The van der Waals surface area contributed by atoms with Crippen molar-refractivity contribution >= 4 is 5.69 Å². The topological polar surface area (TPSA) is 75.4 Å². The second-order valence-corrected chi connectivity index (χ2v) is 3.37. The van der Waals surface area contributed by atoms with E-state index in [9.17, 15) is 10.1 Å². The van der Waals surface area contributed by atoms with Crippen LogP contribution in [0.25, 0.3) is 0 Å². The summed E-state index contributed by atoms with van der Waals surface area (Å²) in [6, 6.07) is 6.56. The summed E-state index contributed by atoms with van der Waals surface area (Å²) in [5.74, 6) is 0. The van der Waals surface area contributed by atoms with Crippen LogP contribution < -0.4 is 5.32 Å². The lowest BCUT2D eigenvalue weighted by molar-refractivity contribution is -0.385. The first-order valence-corrected chi connectivity index (χ1v) is 4.72. The molecule has 0 aromatic heterocycles.